The van der Waals surface area contributed by atoms with E-state index in [0.717, 1.165) is 41.8 Å². The molecule has 0 spiro atoms. The van der Waals surface area contributed by atoms with Crippen LogP contribution in [0.25, 0.3) is 0 Å². The van der Waals surface area contributed by atoms with Crippen molar-refractivity contribution >= 4 is 17.1 Å². The first-order valence-corrected chi connectivity index (χ1v) is 7.74. The Bertz CT molecular complexity index is 861. The standard InChI is InChI=1S/C18H16N2O3/c1-11-6-7-12(8-17(11)20(21)22)18-13-4-2-3-5-15(13)19-16-10-23-9-14(16)18/h4,6-10,18H,2-3,5H2,1H3/t18-/m1/s1. The van der Waals surface area contributed by atoms with Gasteiger partial charge in [0.25, 0.3) is 5.69 Å². The largest absolute Gasteiger partial charge is 0.470 e. The molecule has 0 bridgehead atoms. The zero-order chi connectivity index (χ0) is 16.0. The van der Waals surface area contributed by atoms with Gasteiger partial charge in [0.2, 0.25) is 0 Å². The van der Waals surface area contributed by atoms with Crippen molar-refractivity contribution in [2.24, 2.45) is 4.99 Å². The summed E-state index contributed by atoms with van der Waals surface area (Å²) in [4.78, 5) is 15.7. The third-order valence-corrected chi connectivity index (χ3v) is 4.63. The molecule has 1 aliphatic heterocycles. The number of furan rings is 1. The molecule has 23 heavy (non-hydrogen) atoms. The SMILES string of the molecule is Cc1ccc([C@@H]2C3=CCCCC3=Nc3cocc32)cc1[N+](=O)[O-]. The molecular formula is C18H16N2O3. The molecule has 2 aromatic rings. The van der Waals surface area contributed by atoms with Crippen molar-refractivity contribution in [3.63, 3.8) is 0 Å². The lowest BCUT2D eigenvalue weighted by Crippen LogP contribution is -2.19. The maximum atomic E-state index is 11.3. The zero-order valence-electron chi connectivity index (χ0n) is 12.8. The second kappa shape index (κ2) is 5.19. The predicted octanol–water partition coefficient (Wildman–Crippen LogP) is 4.82. The van der Waals surface area contributed by atoms with E-state index >= 15 is 0 Å². The number of nitrogens with zero attached hydrogens (tertiary/aromatic N) is 2. The molecule has 5 heteroatoms. The fourth-order valence-electron chi connectivity index (χ4n) is 3.48. The van der Waals surface area contributed by atoms with Crippen LogP contribution in [-0.2, 0) is 0 Å². The molecule has 0 radical (unpaired) electrons. The van der Waals surface area contributed by atoms with Gasteiger partial charge in [-0.15, -0.1) is 0 Å². The highest BCUT2D eigenvalue weighted by atomic mass is 16.6. The number of fused-ring (bicyclic) bond motifs is 2. The van der Waals surface area contributed by atoms with E-state index in [-0.39, 0.29) is 16.5 Å². The van der Waals surface area contributed by atoms with E-state index in [2.05, 4.69) is 6.08 Å². The van der Waals surface area contributed by atoms with Gasteiger partial charge in [0.1, 0.15) is 12.0 Å². The normalized spacial score (nSPS) is 19.4. The molecule has 1 aliphatic carbocycles. The topological polar surface area (TPSA) is 68.6 Å². The number of benzene rings is 1. The first kappa shape index (κ1) is 13.9. The van der Waals surface area contributed by atoms with Crippen molar-refractivity contribution < 1.29 is 9.34 Å². The quantitative estimate of drug-likeness (QED) is 0.589. The Morgan fingerprint density at radius 3 is 3.04 bits per heavy atom. The van der Waals surface area contributed by atoms with Gasteiger partial charge in [-0.25, -0.2) is 4.99 Å². The lowest BCUT2D eigenvalue weighted by atomic mass is 9.77. The summed E-state index contributed by atoms with van der Waals surface area (Å²) >= 11 is 0. The molecule has 2 aliphatic rings. The minimum absolute atomic E-state index is 0.0316. The Labute approximate surface area is 133 Å². The molecule has 0 saturated carbocycles. The number of rotatable bonds is 2. The molecule has 0 amide bonds. The Morgan fingerprint density at radius 1 is 1.35 bits per heavy atom. The summed E-state index contributed by atoms with van der Waals surface area (Å²) in [6.45, 7) is 1.76. The molecule has 0 N–H and O–H groups in total. The monoisotopic (exact) mass is 308 g/mol. The van der Waals surface area contributed by atoms with Crippen LogP contribution in [0.3, 0.4) is 0 Å². The summed E-state index contributed by atoms with van der Waals surface area (Å²) in [5, 5.41) is 11.3. The van der Waals surface area contributed by atoms with Crippen LogP contribution in [0.1, 0.15) is 41.9 Å². The lowest BCUT2D eigenvalue weighted by Gasteiger charge is -2.28. The fraction of sp³-hybridized carbons (Fsp3) is 0.278. The van der Waals surface area contributed by atoms with Crippen molar-refractivity contribution in [3.8, 4) is 0 Å². The van der Waals surface area contributed by atoms with Crippen LogP contribution >= 0.6 is 0 Å². The van der Waals surface area contributed by atoms with Crippen molar-refractivity contribution in [1.29, 1.82) is 0 Å². The van der Waals surface area contributed by atoms with Crippen LogP contribution in [-0.4, -0.2) is 10.6 Å². The van der Waals surface area contributed by atoms with Gasteiger partial charge in [-0.1, -0.05) is 18.2 Å². The number of aliphatic imine (C=N–C) groups is 1. The minimum atomic E-state index is -0.317. The Kier molecular flexibility index (Phi) is 3.15. The van der Waals surface area contributed by atoms with Gasteiger partial charge in [0, 0.05) is 28.8 Å². The zero-order valence-corrected chi connectivity index (χ0v) is 12.8. The molecule has 1 aromatic heterocycles. The van der Waals surface area contributed by atoms with Crippen molar-refractivity contribution in [1.82, 2.24) is 0 Å². The molecule has 116 valence electrons. The van der Waals surface area contributed by atoms with Gasteiger partial charge >= 0.3 is 0 Å². The molecule has 5 nitrogen and oxygen atoms in total. The summed E-state index contributed by atoms with van der Waals surface area (Å²) in [5.41, 5.74) is 5.83. The fourth-order valence-corrected chi connectivity index (χ4v) is 3.48. The Morgan fingerprint density at radius 2 is 2.22 bits per heavy atom. The van der Waals surface area contributed by atoms with E-state index in [1.54, 1.807) is 25.5 Å². The lowest BCUT2D eigenvalue weighted by molar-refractivity contribution is -0.385. The molecule has 0 saturated heterocycles. The second-order valence-corrected chi connectivity index (χ2v) is 6.06. The van der Waals surface area contributed by atoms with E-state index in [9.17, 15) is 10.1 Å². The van der Waals surface area contributed by atoms with E-state index in [0.29, 0.717) is 5.56 Å². The highest BCUT2D eigenvalue weighted by molar-refractivity contribution is 6.06. The van der Waals surface area contributed by atoms with Crippen molar-refractivity contribution in [3.05, 3.63) is 69.2 Å². The molecule has 0 unspecified atom stereocenters. The van der Waals surface area contributed by atoms with Gasteiger partial charge < -0.3 is 4.42 Å². The second-order valence-electron chi connectivity index (χ2n) is 6.06. The average Bonchev–Trinajstić information content (AvgIpc) is 3.01. The summed E-state index contributed by atoms with van der Waals surface area (Å²) in [7, 11) is 0. The molecule has 1 atom stereocenters. The van der Waals surface area contributed by atoms with E-state index in [1.165, 1.54) is 5.57 Å². The summed E-state index contributed by atoms with van der Waals surface area (Å²) in [6, 6.07) is 5.49. The summed E-state index contributed by atoms with van der Waals surface area (Å²) in [6.07, 6.45) is 8.64. The predicted molar refractivity (Wildman–Crippen MR) is 87.4 cm³/mol. The molecule has 2 heterocycles. The third-order valence-electron chi connectivity index (χ3n) is 4.63. The van der Waals surface area contributed by atoms with E-state index < -0.39 is 0 Å². The average molecular weight is 308 g/mol. The molecule has 1 aromatic carbocycles. The van der Waals surface area contributed by atoms with Crippen LogP contribution in [0.5, 0.6) is 0 Å². The van der Waals surface area contributed by atoms with Crippen molar-refractivity contribution in [2.45, 2.75) is 32.1 Å². The van der Waals surface area contributed by atoms with Gasteiger partial charge in [-0.2, -0.15) is 0 Å². The van der Waals surface area contributed by atoms with Gasteiger partial charge in [0.15, 0.2) is 0 Å². The number of hydrogen-bond acceptors (Lipinski definition) is 4. The van der Waals surface area contributed by atoms with Crippen LogP contribution in [0.4, 0.5) is 11.4 Å². The number of hydrogen-bond donors (Lipinski definition) is 0. The molecular weight excluding hydrogens is 292 g/mol. The third kappa shape index (κ3) is 2.20. The number of nitro benzene ring substituents is 1. The van der Waals surface area contributed by atoms with Crippen LogP contribution in [0, 0.1) is 17.0 Å². The summed E-state index contributed by atoms with van der Waals surface area (Å²) in [5.74, 6) is -0.0316. The minimum Gasteiger partial charge on any atom is -0.470 e. The molecule has 4 rings (SSSR count). The Hall–Kier alpha value is -2.69. The Balaban J connectivity index is 1.90. The number of aryl methyl sites for hydroxylation is 1. The van der Waals surface area contributed by atoms with E-state index in [4.69, 9.17) is 9.41 Å². The number of allylic oxidation sites excluding steroid dienone is 2. The smallest absolute Gasteiger partial charge is 0.272 e. The van der Waals surface area contributed by atoms with Crippen molar-refractivity contribution in [2.75, 3.05) is 0 Å². The first-order chi connectivity index (χ1) is 11.1. The van der Waals surface area contributed by atoms with Gasteiger partial charge in [-0.3, -0.25) is 10.1 Å². The van der Waals surface area contributed by atoms with Gasteiger partial charge in [-0.05, 0) is 37.3 Å². The highest BCUT2D eigenvalue weighted by Crippen LogP contribution is 2.45. The van der Waals surface area contributed by atoms with Crippen LogP contribution in [0.15, 0.2) is 51.8 Å². The van der Waals surface area contributed by atoms with Gasteiger partial charge in [0.05, 0.1) is 11.2 Å². The van der Waals surface area contributed by atoms with Crippen LogP contribution < -0.4 is 0 Å². The number of nitro groups is 1. The maximum absolute atomic E-state index is 11.3. The molecule has 0 fully saturated rings. The summed E-state index contributed by atoms with van der Waals surface area (Å²) < 4.78 is 5.36. The maximum Gasteiger partial charge on any atom is 0.272 e. The van der Waals surface area contributed by atoms with Crippen LogP contribution in [0.2, 0.25) is 0 Å². The van der Waals surface area contributed by atoms with E-state index in [1.807, 2.05) is 12.1 Å². The highest BCUT2D eigenvalue weighted by Gasteiger charge is 2.32. The first-order valence-electron chi connectivity index (χ1n) is 7.74.